The van der Waals surface area contributed by atoms with Crippen LogP contribution in [0.4, 0.5) is 0 Å². The van der Waals surface area contributed by atoms with Crippen molar-refractivity contribution in [2.45, 2.75) is 18.9 Å². The minimum atomic E-state index is -0.166. The summed E-state index contributed by atoms with van der Waals surface area (Å²) in [7, 11) is 1.72. The fourth-order valence-electron chi connectivity index (χ4n) is 2.15. The first kappa shape index (κ1) is 15.6. The van der Waals surface area contributed by atoms with Gasteiger partial charge in [-0.1, -0.05) is 28.1 Å². The molecule has 2 rings (SSSR count). The predicted molar refractivity (Wildman–Crippen MR) is 87.2 cm³/mol. The van der Waals surface area contributed by atoms with Crippen LogP contribution in [0.15, 0.2) is 40.3 Å². The smallest absolute Gasteiger partial charge is 0.113 e. The predicted octanol–water partition coefficient (Wildman–Crippen LogP) is 3.60. The SMILES string of the molecule is COCCNC(C)(Cc1ccc(Br)cc1)c1nccs1. The Bertz CT molecular complexity index is 515. The van der Waals surface area contributed by atoms with Crippen LogP contribution in [0.3, 0.4) is 0 Å². The maximum Gasteiger partial charge on any atom is 0.113 e. The van der Waals surface area contributed by atoms with Gasteiger partial charge in [0.2, 0.25) is 0 Å². The molecule has 1 heterocycles. The molecule has 0 aliphatic rings. The van der Waals surface area contributed by atoms with Crippen molar-refractivity contribution in [3.63, 3.8) is 0 Å². The van der Waals surface area contributed by atoms with Gasteiger partial charge in [0.15, 0.2) is 0 Å². The summed E-state index contributed by atoms with van der Waals surface area (Å²) in [6.07, 6.45) is 2.76. The van der Waals surface area contributed by atoms with Gasteiger partial charge < -0.3 is 10.1 Å². The van der Waals surface area contributed by atoms with Gasteiger partial charge in [-0.05, 0) is 31.0 Å². The molecule has 1 unspecified atom stereocenters. The summed E-state index contributed by atoms with van der Waals surface area (Å²) in [5, 5.41) is 6.70. The average Bonchev–Trinajstić information content (AvgIpc) is 2.97. The molecule has 2 aromatic rings. The fourth-order valence-corrected chi connectivity index (χ4v) is 3.19. The minimum absolute atomic E-state index is 0.166. The third-order valence-electron chi connectivity index (χ3n) is 3.20. The van der Waals surface area contributed by atoms with Crippen LogP contribution in [0, 0.1) is 0 Å². The van der Waals surface area contributed by atoms with Crippen molar-refractivity contribution >= 4 is 27.3 Å². The molecule has 1 N–H and O–H groups in total. The molecule has 1 aromatic carbocycles. The highest BCUT2D eigenvalue weighted by atomic mass is 79.9. The molecular formula is C15H19BrN2OS. The van der Waals surface area contributed by atoms with E-state index in [-0.39, 0.29) is 5.54 Å². The van der Waals surface area contributed by atoms with Crippen LogP contribution in [0.1, 0.15) is 17.5 Å². The second kappa shape index (κ2) is 7.31. The van der Waals surface area contributed by atoms with Gasteiger partial charge >= 0.3 is 0 Å². The molecule has 3 nitrogen and oxygen atoms in total. The number of aromatic nitrogens is 1. The average molecular weight is 355 g/mol. The molecule has 0 radical (unpaired) electrons. The number of thiazole rings is 1. The lowest BCUT2D eigenvalue weighted by Gasteiger charge is -2.29. The number of nitrogens with zero attached hydrogens (tertiary/aromatic N) is 1. The van der Waals surface area contributed by atoms with E-state index in [1.165, 1.54) is 5.56 Å². The van der Waals surface area contributed by atoms with Crippen LogP contribution in [0.2, 0.25) is 0 Å². The van der Waals surface area contributed by atoms with E-state index in [1.807, 2.05) is 11.6 Å². The number of halogens is 1. The Morgan fingerprint density at radius 2 is 2.10 bits per heavy atom. The largest absolute Gasteiger partial charge is 0.383 e. The van der Waals surface area contributed by atoms with Crippen molar-refractivity contribution in [2.75, 3.05) is 20.3 Å². The van der Waals surface area contributed by atoms with Crippen molar-refractivity contribution < 1.29 is 4.74 Å². The van der Waals surface area contributed by atoms with Gasteiger partial charge in [-0.25, -0.2) is 4.98 Å². The zero-order valence-corrected chi connectivity index (χ0v) is 14.1. The topological polar surface area (TPSA) is 34.1 Å². The van der Waals surface area contributed by atoms with Crippen LogP contribution in [-0.4, -0.2) is 25.2 Å². The lowest BCUT2D eigenvalue weighted by Crippen LogP contribution is -2.43. The van der Waals surface area contributed by atoms with Gasteiger partial charge in [-0.15, -0.1) is 11.3 Å². The van der Waals surface area contributed by atoms with Gasteiger partial charge in [0.25, 0.3) is 0 Å². The van der Waals surface area contributed by atoms with Gasteiger partial charge in [0.05, 0.1) is 12.1 Å². The second-order valence-electron chi connectivity index (χ2n) is 4.89. The Labute approximate surface area is 132 Å². The van der Waals surface area contributed by atoms with E-state index in [9.17, 15) is 0 Å². The van der Waals surface area contributed by atoms with E-state index >= 15 is 0 Å². The fraction of sp³-hybridized carbons (Fsp3) is 0.400. The summed E-state index contributed by atoms with van der Waals surface area (Å²) in [4.78, 5) is 4.49. The van der Waals surface area contributed by atoms with E-state index in [4.69, 9.17) is 4.74 Å². The Kier molecular flexibility index (Phi) is 5.72. The highest BCUT2D eigenvalue weighted by Gasteiger charge is 2.28. The third kappa shape index (κ3) is 4.12. The minimum Gasteiger partial charge on any atom is -0.383 e. The van der Waals surface area contributed by atoms with Gasteiger partial charge in [0.1, 0.15) is 5.01 Å². The van der Waals surface area contributed by atoms with Crippen LogP contribution >= 0.6 is 27.3 Å². The van der Waals surface area contributed by atoms with E-state index in [0.29, 0.717) is 6.61 Å². The lowest BCUT2D eigenvalue weighted by molar-refractivity contribution is 0.185. The standard InChI is InChI=1S/C15H19BrN2OS/c1-15(18-7-9-19-2,14-17-8-10-20-14)11-12-3-5-13(16)6-4-12/h3-6,8,10,18H,7,9,11H2,1-2H3. The molecule has 0 aliphatic carbocycles. The number of nitrogens with one attached hydrogen (secondary N) is 1. The quantitative estimate of drug-likeness (QED) is 0.771. The Morgan fingerprint density at radius 3 is 2.70 bits per heavy atom. The number of hydrogen-bond acceptors (Lipinski definition) is 4. The van der Waals surface area contributed by atoms with Crippen molar-refractivity contribution in [2.24, 2.45) is 0 Å². The van der Waals surface area contributed by atoms with E-state index in [0.717, 1.165) is 22.4 Å². The zero-order chi connectivity index (χ0) is 14.4. The highest BCUT2D eigenvalue weighted by Crippen LogP contribution is 2.27. The van der Waals surface area contributed by atoms with Gasteiger partial charge in [-0.3, -0.25) is 0 Å². The first-order chi connectivity index (χ1) is 9.64. The summed E-state index contributed by atoms with van der Waals surface area (Å²) < 4.78 is 6.24. The Morgan fingerprint density at radius 1 is 1.35 bits per heavy atom. The normalized spacial score (nSPS) is 14.2. The molecule has 1 aromatic heterocycles. The lowest BCUT2D eigenvalue weighted by atomic mass is 9.93. The number of ether oxygens (including phenoxy) is 1. The Hall–Kier alpha value is -0.750. The zero-order valence-electron chi connectivity index (χ0n) is 11.7. The van der Waals surface area contributed by atoms with Gasteiger partial charge in [-0.2, -0.15) is 0 Å². The van der Waals surface area contributed by atoms with Crippen molar-refractivity contribution in [3.05, 3.63) is 50.9 Å². The van der Waals surface area contributed by atoms with Crippen molar-refractivity contribution in [1.29, 1.82) is 0 Å². The molecule has 108 valence electrons. The molecule has 20 heavy (non-hydrogen) atoms. The van der Waals surface area contributed by atoms with Crippen molar-refractivity contribution in [1.82, 2.24) is 10.3 Å². The molecule has 5 heteroatoms. The molecule has 0 bridgehead atoms. The molecular weight excluding hydrogens is 336 g/mol. The summed E-state index contributed by atoms with van der Waals surface area (Å²) in [6.45, 7) is 3.70. The molecule has 0 aliphatic heterocycles. The molecule has 0 saturated heterocycles. The first-order valence-electron chi connectivity index (χ1n) is 6.52. The molecule has 0 spiro atoms. The summed E-state index contributed by atoms with van der Waals surface area (Å²) in [5.41, 5.74) is 1.12. The summed E-state index contributed by atoms with van der Waals surface area (Å²) in [5.74, 6) is 0. The van der Waals surface area contributed by atoms with E-state index < -0.39 is 0 Å². The first-order valence-corrected chi connectivity index (χ1v) is 8.20. The number of methoxy groups -OCH3 is 1. The monoisotopic (exact) mass is 354 g/mol. The highest BCUT2D eigenvalue weighted by molar-refractivity contribution is 9.10. The molecule has 0 saturated carbocycles. The van der Waals surface area contributed by atoms with Crippen LogP contribution < -0.4 is 5.32 Å². The van der Waals surface area contributed by atoms with Crippen LogP contribution in [0.25, 0.3) is 0 Å². The third-order valence-corrected chi connectivity index (χ3v) is 4.76. The number of hydrogen-bond donors (Lipinski definition) is 1. The van der Waals surface area contributed by atoms with Crippen LogP contribution in [0.5, 0.6) is 0 Å². The summed E-state index contributed by atoms with van der Waals surface area (Å²) in [6, 6.07) is 8.45. The number of rotatable bonds is 7. The molecule has 0 fully saturated rings. The van der Waals surface area contributed by atoms with Gasteiger partial charge in [0, 0.05) is 29.7 Å². The molecule has 1 atom stereocenters. The second-order valence-corrected chi connectivity index (χ2v) is 6.70. The summed E-state index contributed by atoms with van der Waals surface area (Å²) >= 11 is 5.16. The number of benzene rings is 1. The Balaban J connectivity index is 2.15. The molecule has 0 amide bonds. The maximum absolute atomic E-state index is 5.13. The maximum atomic E-state index is 5.13. The van der Waals surface area contributed by atoms with Crippen LogP contribution in [-0.2, 0) is 16.7 Å². The van der Waals surface area contributed by atoms with E-state index in [2.05, 4.69) is 57.4 Å². The van der Waals surface area contributed by atoms with E-state index in [1.54, 1.807) is 18.4 Å². The van der Waals surface area contributed by atoms with Crippen molar-refractivity contribution in [3.8, 4) is 0 Å².